The highest BCUT2D eigenvalue weighted by atomic mass is 32.2. The molecule has 2 N–H and O–H groups in total. The number of carbonyl (C=O) groups excluding carboxylic acids is 1. The first-order valence-electron chi connectivity index (χ1n) is 10.3. The van der Waals surface area contributed by atoms with Gasteiger partial charge in [0.25, 0.3) is 0 Å². The molecular formula is C25H23N3O3S2. The summed E-state index contributed by atoms with van der Waals surface area (Å²) in [6, 6.07) is 24.2. The van der Waals surface area contributed by atoms with Gasteiger partial charge in [-0.05, 0) is 48.6 Å². The van der Waals surface area contributed by atoms with Crippen molar-refractivity contribution in [2.45, 2.75) is 22.3 Å². The van der Waals surface area contributed by atoms with Crippen molar-refractivity contribution in [3.8, 4) is 0 Å². The number of benzene rings is 3. The monoisotopic (exact) mass is 477 g/mol. The van der Waals surface area contributed by atoms with Gasteiger partial charge in [0, 0.05) is 22.2 Å². The smallest absolute Gasteiger partial charge is 0.243 e. The van der Waals surface area contributed by atoms with Crippen LogP contribution in [0.5, 0.6) is 0 Å². The SMILES string of the molecule is CSc1cccc(NC(=O)[C@@H](Cc2ccccc2)NS(=O)(=O)c2cccc3cccnc23)c1. The van der Waals surface area contributed by atoms with E-state index in [2.05, 4.69) is 15.0 Å². The number of nitrogens with one attached hydrogen (secondary N) is 2. The lowest BCUT2D eigenvalue weighted by molar-refractivity contribution is -0.117. The van der Waals surface area contributed by atoms with Gasteiger partial charge in [0.1, 0.15) is 10.9 Å². The molecule has 0 unspecified atom stereocenters. The summed E-state index contributed by atoms with van der Waals surface area (Å²) in [5.74, 6) is -0.436. The third kappa shape index (κ3) is 5.60. The highest BCUT2D eigenvalue weighted by Gasteiger charge is 2.28. The maximum atomic E-state index is 13.4. The molecule has 0 fully saturated rings. The fraction of sp³-hybridized carbons (Fsp3) is 0.120. The largest absolute Gasteiger partial charge is 0.325 e. The molecule has 1 heterocycles. The van der Waals surface area contributed by atoms with Gasteiger partial charge in [-0.15, -0.1) is 11.8 Å². The van der Waals surface area contributed by atoms with Crippen molar-refractivity contribution < 1.29 is 13.2 Å². The predicted molar refractivity (Wildman–Crippen MR) is 133 cm³/mol. The molecular weight excluding hydrogens is 454 g/mol. The molecule has 0 radical (unpaired) electrons. The van der Waals surface area contributed by atoms with E-state index < -0.39 is 22.0 Å². The first-order valence-corrected chi connectivity index (χ1v) is 13.0. The Morgan fingerprint density at radius 3 is 2.52 bits per heavy atom. The Balaban J connectivity index is 1.66. The van der Waals surface area contributed by atoms with Gasteiger partial charge in [-0.25, -0.2) is 8.42 Å². The highest BCUT2D eigenvalue weighted by molar-refractivity contribution is 7.98. The number of amides is 1. The Labute approximate surface area is 197 Å². The fourth-order valence-corrected chi connectivity index (χ4v) is 5.35. The zero-order valence-corrected chi connectivity index (χ0v) is 19.6. The minimum absolute atomic E-state index is 0.0378. The standard InChI is InChI=1S/C25H23N3O3S2/c1-32-21-13-6-12-20(17-21)27-25(29)22(16-18-8-3-2-4-9-18)28-33(30,31)23-14-5-10-19-11-7-15-26-24(19)23/h2-15,17,22,28H,16H2,1H3,(H,27,29)/t22-/m1/s1. The molecule has 0 spiro atoms. The van der Waals surface area contributed by atoms with Crippen LogP contribution in [-0.4, -0.2) is 31.6 Å². The predicted octanol–water partition coefficient (Wildman–Crippen LogP) is 4.49. The van der Waals surface area contributed by atoms with Crippen molar-refractivity contribution in [3.63, 3.8) is 0 Å². The number of aromatic nitrogens is 1. The summed E-state index contributed by atoms with van der Waals surface area (Å²) in [7, 11) is -4.03. The quantitative estimate of drug-likeness (QED) is 0.365. The van der Waals surface area contributed by atoms with Crippen molar-refractivity contribution in [2.24, 2.45) is 0 Å². The Morgan fingerprint density at radius 2 is 1.73 bits per heavy atom. The van der Waals surface area contributed by atoms with E-state index in [-0.39, 0.29) is 11.3 Å². The number of anilines is 1. The van der Waals surface area contributed by atoms with Crippen LogP contribution in [0.15, 0.2) is 101 Å². The third-order valence-corrected chi connectivity index (χ3v) is 7.35. The Hall–Kier alpha value is -3.20. The van der Waals surface area contributed by atoms with Crippen molar-refractivity contribution >= 4 is 44.3 Å². The average molecular weight is 478 g/mol. The summed E-state index contributed by atoms with van der Waals surface area (Å²) in [5, 5.41) is 3.56. The molecule has 1 atom stereocenters. The minimum atomic E-state index is -4.03. The molecule has 4 aromatic rings. The van der Waals surface area contributed by atoms with Crippen LogP contribution in [-0.2, 0) is 21.2 Å². The van der Waals surface area contributed by atoms with E-state index in [4.69, 9.17) is 0 Å². The van der Waals surface area contributed by atoms with Gasteiger partial charge >= 0.3 is 0 Å². The molecule has 168 valence electrons. The Kier molecular flexibility index (Phi) is 7.08. The van der Waals surface area contributed by atoms with Crippen molar-refractivity contribution in [3.05, 3.63) is 96.7 Å². The van der Waals surface area contributed by atoms with Crippen LogP contribution in [0.25, 0.3) is 10.9 Å². The number of rotatable bonds is 8. The van der Waals surface area contributed by atoms with Crippen LogP contribution in [0.3, 0.4) is 0 Å². The van der Waals surface area contributed by atoms with Crippen molar-refractivity contribution in [1.82, 2.24) is 9.71 Å². The van der Waals surface area contributed by atoms with E-state index in [1.165, 1.54) is 6.07 Å². The van der Waals surface area contributed by atoms with Crippen LogP contribution in [0.2, 0.25) is 0 Å². The molecule has 4 rings (SSSR count). The number of para-hydroxylation sites is 1. The van der Waals surface area contributed by atoms with E-state index in [1.807, 2.05) is 54.8 Å². The average Bonchev–Trinajstić information content (AvgIpc) is 2.84. The molecule has 6 nitrogen and oxygen atoms in total. The lowest BCUT2D eigenvalue weighted by Gasteiger charge is -2.19. The zero-order valence-electron chi connectivity index (χ0n) is 17.9. The Bertz CT molecular complexity index is 1370. The molecule has 0 saturated carbocycles. The van der Waals surface area contributed by atoms with E-state index in [9.17, 15) is 13.2 Å². The number of nitrogens with zero attached hydrogens (tertiary/aromatic N) is 1. The van der Waals surface area contributed by atoms with E-state index in [0.717, 1.165) is 10.5 Å². The molecule has 0 aliphatic rings. The zero-order chi connectivity index (χ0) is 23.3. The second-order valence-electron chi connectivity index (χ2n) is 7.42. The van der Waals surface area contributed by atoms with Gasteiger partial charge in [0.15, 0.2) is 0 Å². The van der Waals surface area contributed by atoms with Crippen molar-refractivity contribution in [2.75, 3.05) is 11.6 Å². The number of hydrogen-bond donors (Lipinski definition) is 2. The first-order chi connectivity index (χ1) is 16.0. The van der Waals surface area contributed by atoms with Crippen LogP contribution in [0.1, 0.15) is 5.56 Å². The number of sulfonamides is 1. The van der Waals surface area contributed by atoms with Gasteiger partial charge in [-0.1, -0.05) is 54.6 Å². The van der Waals surface area contributed by atoms with Crippen LogP contribution >= 0.6 is 11.8 Å². The molecule has 1 amide bonds. The second-order valence-corrected chi connectivity index (χ2v) is 9.98. The fourth-order valence-electron chi connectivity index (χ4n) is 3.51. The van der Waals surface area contributed by atoms with Gasteiger partial charge in [-0.2, -0.15) is 4.72 Å². The van der Waals surface area contributed by atoms with Crippen molar-refractivity contribution in [1.29, 1.82) is 0 Å². The van der Waals surface area contributed by atoms with E-state index in [1.54, 1.807) is 48.3 Å². The number of hydrogen-bond acceptors (Lipinski definition) is 5. The number of thioether (sulfide) groups is 1. The molecule has 33 heavy (non-hydrogen) atoms. The lowest BCUT2D eigenvalue weighted by Crippen LogP contribution is -2.45. The van der Waals surface area contributed by atoms with Crippen LogP contribution in [0, 0.1) is 0 Å². The minimum Gasteiger partial charge on any atom is -0.325 e. The summed E-state index contributed by atoms with van der Waals surface area (Å²) in [6.45, 7) is 0. The number of fused-ring (bicyclic) bond motifs is 1. The third-order valence-electron chi connectivity index (χ3n) is 5.12. The first kappa shape index (κ1) is 23.0. The summed E-state index contributed by atoms with van der Waals surface area (Å²) in [6.07, 6.45) is 3.70. The highest BCUT2D eigenvalue weighted by Crippen LogP contribution is 2.22. The summed E-state index contributed by atoms with van der Waals surface area (Å²) in [5.41, 5.74) is 1.81. The van der Waals surface area contributed by atoms with Gasteiger partial charge < -0.3 is 5.32 Å². The molecule has 0 saturated heterocycles. The van der Waals surface area contributed by atoms with Crippen LogP contribution in [0.4, 0.5) is 5.69 Å². The summed E-state index contributed by atoms with van der Waals surface area (Å²) in [4.78, 5) is 18.5. The lowest BCUT2D eigenvalue weighted by atomic mass is 10.1. The maximum absolute atomic E-state index is 13.4. The molecule has 8 heteroatoms. The normalized spacial score (nSPS) is 12.4. The van der Waals surface area contributed by atoms with Crippen LogP contribution < -0.4 is 10.0 Å². The summed E-state index contributed by atoms with van der Waals surface area (Å²) >= 11 is 1.56. The molecule has 0 bridgehead atoms. The topological polar surface area (TPSA) is 88.2 Å². The molecule has 3 aromatic carbocycles. The maximum Gasteiger partial charge on any atom is 0.243 e. The van der Waals surface area contributed by atoms with E-state index >= 15 is 0 Å². The Morgan fingerprint density at radius 1 is 0.970 bits per heavy atom. The molecule has 1 aromatic heterocycles. The number of pyridine rings is 1. The number of carbonyl (C=O) groups is 1. The molecule has 0 aliphatic carbocycles. The van der Waals surface area contributed by atoms with Gasteiger partial charge in [-0.3, -0.25) is 9.78 Å². The van der Waals surface area contributed by atoms with Gasteiger partial charge in [0.05, 0.1) is 5.52 Å². The van der Waals surface area contributed by atoms with E-state index in [0.29, 0.717) is 16.6 Å². The second kappa shape index (κ2) is 10.2. The summed E-state index contributed by atoms with van der Waals surface area (Å²) < 4.78 is 29.4. The molecule has 0 aliphatic heterocycles. The van der Waals surface area contributed by atoms with Gasteiger partial charge in [0.2, 0.25) is 15.9 Å².